The molecule has 0 atom stereocenters. The van der Waals surface area contributed by atoms with Gasteiger partial charge in [-0.2, -0.15) is 5.10 Å². The van der Waals surface area contributed by atoms with Crippen molar-refractivity contribution in [2.75, 3.05) is 31.1 Å². The minimum Gasteiger partial charge on any atom is -0.506 e. The van der Waals surface area contributed by atoms with E-state index in [9.17, 15) is 9.90 Å². The van der Waals surface area contributed by atoms with Crippen molar-refractivity contribution in [3.05, 3.63) is 42.2 Å². The van der Waals surface area contributed by atoms with E-state index < -0.39 is 0 Å². The molecule has 6 heteroatoms. The van der Waals surface area contributed by atoms with E-state index in [1.54, 1.807) is 16.9 Å². The fourth-order valence-electron chi connectivity index (χ4n) is 2.78. The molecule has 22 heavy (non-hydrogen) atoms. The maximum atomic E-state index is 12.3. The van der Waals surface area contributed by atoms with Gasteiger partial charge in [-0.25, -0.2) is 0 Å². The summed E-state index contributed by atoms with van der Waals surface area (Å²) in [4.78, 5) is 16.3. The number of phenolic OH excluding ortho intramolecular Hbond substituents is 1. The van der Waals surface area contributed by atoms with E-state index in [-0.39, 0.29) is 11.7 Å². The number of carbonyl (C=O) groups is 1. The largest absolute Gasteiger partial charge is 0.506 e. The smallest absolute Gasteiger partial charge is 0.227 e. The number of rotatable bonds is 3. The Morgan fingerprint density at radius 1 is 1.23 bits per heavy atom. The normalized spacial score (nSPS) is 15.1. The van der Waals surface area contributed by atoms with Crippen LogP contribution in [-0.4, -0.2) is 51.9 Å². The van der Waals surface area contributed by atoms with Crippen molar-refractivity contribution < 1.29 is 9.90 Å². The molecule has 1 aliphatic rings. The number of anilines is 1. The summed E-state index contributed by atoms with van der Waals surface area (Å²) in [5.74, 6) is 0.419. The number of para-hydroxylation sites is 2. The van der Waals surface area contributed by atoms with Crippen LogP contribution >= 0.6 is 0 Å². The maximum absolute atomic E-state index is 12.3. The van der Waals surface area contributed by atoms with Crippen molar-refractivity contribution >= 4 is 11.6 Å². The van der Waals surface area contributed by atoms with Crippen molar-refractivity contribution in [1.82, 2.24) is 14.7 Å². The number of hydrogen-bond acceptors (Lipinski definition) is 4. The SMILES string of the molecule is Cn1cc(CC(=O)N2CCN(c3ccccc3O)CC2)cn1. The summed E-state index contributed by atoms with van der Waals surface area (Å²) in [5, 5.41) is 14.0. The first-order valence-corrected chi connectivity index (χ1v) is 7.42. The summed E-state index contributed by atoms with van der Waals surface area (Å²) in [7, 11) is 1.85. The molecule has 0 unspecified atom stereocenters. The summed E-state index contributed by atoms with van der Waals surface area (Å²) < 4.78 is 1.71. The second kappa shape index (κ2) is 6.09. The molecule has 1 aliphatic heterocycles. The van der Waals surface area contributed by atoms with Gasteiger partial charge in [0.05, 0.1) is 18.3 Å². The molecule has 1 aromatic heterocycles. The van der Waals surface area contributed by atoms with E-state index >= 15 is 0 Å². The monoisotopic (exact) mass is 300 g/mol. The number of carbonyl (C=O) groups excluding carboxylic acids is 1. The highest BCUT2D eigenvalue weighted by Crippen LogP contribution is 2.27. The summed E-state index contributed by atoms with van der Waals surface area (Å²) >= 11 is 0. The highest BCUT2D eigenvalue weighted by atomic mass is 16.3. The van der Waals surface area contributed by atoms with Gasteiger partial charge in [-0.3, -0.25) is 9.48 Å². The highest BCUT2D eigenvalue weighted by Gasteiger charge is 2.22. The van der Waals surface area contributed by atoms with Crippen molar-refractivity contribution in [3.8, 4) is 5.75 Å². The van der Waals surface area contributed by atoms with Gasteiger partial charge in [-0.05, 0) is 17.7 Å². The summed E-state index contributed by atoms with van der Waals surface area (Å²) in [6.45, 7) is 2.81. The third-order valence-corrected chi connectivity index (χ3v) is 3.97. The third-order valence-electron chi connectivity index (χ3n) is 3.97. The standard InChI is InChI=1S/C16H20N4O2/c1-18-12-13(11-17-18)10-16(22)20-8-6-19(7-9-20)14-4-2-3-5-15(14)21/h2-5,11-12,21H,6-10H2,1H3. The van der Waals surface area contributed by atoms with Gasteiger partial charge in [-0.15, -0.1) is 0 Å². The molecule has 1 amide bonds. The average Bonchev–Trinajstić information content (AvgIpc) is 2.93. The van der Waals surface area contributed by atoms with Crippen molar-refractivity contribution in [2.45, 2.75) is 6.42 Å². The van der Waals surface area contributed by atoms with E-state index in [1.807, 2.05) is 36.3 Å². The predicted octanol–water partition coefficient (Wildman–Crippen LogP) is 1.02. The zero-order valence-corrected chi connectivity index (χ0v) is 12.6. The van der Waals surface area contributed by atoms with E-state index in [0.717, 1.165) is 24.3 Å². The molecule has 1 saturated heterocycles. The van der Waals surface area contributed by atoms with Crippen LogP contribution in [0.25, 0.3) is 0 Å². The molecule has 2 aromatic rings. The van der Waals surface area contributed by atoms with Gasteiger partial charge < -0.3 is 14.9 Å². The molecule has 3 rings (SSSR count). The number of nitrogens with zero attached hydrogens (tertiary/aromatic N) is 4. The molecule has 116 valence electrons. The molecular weight excluding hydrogens is 280 g/mol. The Hall–Kier alpha value is -2.50. The van der Waals surface area contributed by atoms with Crippen LogP contribution in [0.2, 0.25) is 0 Å². The summed E-state index contributed by atoms with van der Waals surface area (Å²) in [6.07, 6.45) is 4.00. The van der Waals surface area contributed by atoms with Gasteiger partial charge in [0.2, 0.25) is 5.91 Å². The second-order valence-electron chi connectivity index (χ2n) is 5.56. The number of aromatic hydroxyl groups is 1. The van der Waals surface area contributed by atoms with E-state index in [2.05, 4.69) is 10.00 Å². The number of aromatic nitrogens is 2. The first-order valence-electron chi connectivity index (χ1n) is 7.42. The molecule has 6 nitrogen and oxygen atoms in total. The molecule has 0 saturated carbocycles. The van der Waals surface area contributed by atoms with Crippen LogP contribution in [-0.2, 0) is 18.3 Å². The van der Waals surface area contributed by atoms with Crippen LogP contribution in [0.15, 0.2) is 36.7 Å². The number of benzene rings is 1. The quantitative estimate of drug-likeness (QED) is 0.919. The van der Waals surface area contributed by atoms with Gasteiger partial charge in [-0.1, -0.05) is 12.1 Å². The van der Waals surface area contributed by atoms with Gasteiger partial charge in [0.15, 0.2) is 0 Å². The molecule has 1 aromatic carbocycles. The van der Waals surface area contributed by atoms with Crippen LogP contribution in [0.3, 0.4) is 0 Å². The minimum atomic E-state index is 0.130. The molecule has 0 spiro atoms. The Balaban J connectivity index is 1.57. The first-order chi connectivity index (χ1) is 10.6. The molecule has 0 bridgehead atoms. The van der Waals surface area contributed by atoms with Gasteiger partial charge in [0, 0.05) is 39.4 Å². The number of phenols is 1. The molecular formula is C16H20N4O2. The van der Waals surface area contributed by atoms with Crippen LogP contribution in [0.1, 0.15) is 5.56 Å². The van der Waals surface area contributed by atoms with Crippen LogP contribution < -0.4 is 4.90 Å². The van der Waals surface area contributed by atoms with Gasteiger partial charge in [0.25, 0.3) is 0 Å². The first kappa shape index (κ1) is 14.4. The average molecular weight is 300 g/mol. The van der Waals surface area contributed by atoms with Crippen molar-refractivity contribution in [2.24, 2.45) is 7.05 Å². The maximum Gasteiger partial charge on any atom is 0.227 e. The number of aryl methyl sites for hydroxylation is 1. The molecule has 2 heterocycles. The third kappa shape index (κ3) is 3.05. The van der Waals surface area contributed by atoms with Crippen molar-refractivity contribution in [3.63, 3.8) is 0 Å². The Kier molecular flexibility index (Phi) is 4.00. The fourth-order valence-corrected chi connectivity index (χ4v) is 2.78. The lowest BCUT2D eigenvalue weighted by molar-refractivity contribution is -0.130. The Morgan fingerprint density at radius 2 is 1.95 bits per heavy atom. The molecule has 0 radical (unpaired) electrons. The Labute approximate surface area is 129 Å². The van der Waals surface area contributed by atoms with Crippen LogP contribution in [0, 0.1) is 0 Å². The van der Waals surface area contributed by atoms with E-state index in [1.165, 1.54) is 0 Å². The zero-order valence-electron chi connectivity index (χ0n) is 12.6. The highest BCUT2D eigenvalue weighted by molar-refractivity contribution is 5.79. The topological polar surface area (TPSA) is 61.6 Å². The lowest BCUT2D eigenvalue weighted by atomic mass is 10.2. The number of piperazine rings is 1. The lowest BCUT2D eigenvalue weighted by Crippen LogP contribution is -2.49. The van der Waals surface area contributed by atoms with Gasteiger partial charge >= 0.3 is 0 Å². The van der Waals surface area contributed by atoms with E-state index in [4.69, 9.17) is 0 Å². The minimum absolute atomic E-state index is 0.130. The Morgan fingerprint density at radius 3 is 2.59 bits per heavy atom. The number of amides is 1. The van der Waals surface area contributed by atoms with Crippen molar-refractivity contribution in [1.29, 1.82) is 0 Å². The van der Waals surface area contributed by atoms with Crippen LogP contribution in [0.4, 0.5) is 5.69 Å². The van der Waals surface area contributed by atoms with Crippen LogP contribution in [0.5, 0.6) is 5.75 Å². The second-order valence-corrected chi connectivity index (χ2v) is 5.56. The molecule has 1 N–H and O–H groups in total. The lowest BCUT2D eigenvalue weighted by Gasteiger charge is -2.36. The predicted molar refractivity (Wildman–Crippen MR) is 83.8 cm³/mol. The summed E-state index contributed by atoms with van der Waals surface area (Å²) in [5.41, 5.74) is 1.78. The summed E-state index contributed by atoms with van der Waals surface area (Å²) in [6, 6.07) is 7.32. The molecule has 1 fully saturated rings. The zero-order chi connectivity index (χ0) is 15.5. The van der Waals surface area contributed by atoms with E-state index in [0.29, 0.717) is 19.5 Å². The Bertz CT molecular complexity index is 660. The van der Waals surface area contributed by atoms with Gasteiger partial charge in [0.1, 0.15) is 5.75 Å². The fraction of sp³-hybridized carbons (Fsp3) is 0.375. The molecule has 0 aliphatic carbocycles. The number of hydrogen-bond donors (Lipinski definition) is 1.